The molecule has 2 saturated carbocycles. The molecule has 2 aliphatic carbocycles. The van der Waals surface area contributed by atoms with Gasteiger partial charge in [0.05, 0.1) is 5.39 Å². The van der Waals surface area contributed by atoms with E-state index < -0.39 is 11.2 Å². The normalized spacial score (nSPS) is 25.6. The lowest BCUT2D eigenvalue weighted by Crippen LogP contribution is -2.41. The maximum atomic E-state index is 12.7. The van der Waals surface area contributed by atoms with Crippen molar-refractivity contribution in [2.45, 2.75) is 38.6 Å². The number of nitrogens with zero attached hydrogens (tertiary/aromatic N) is 3. The molecule has 7 nitrogen and oxygen atoms in total. The summed E-state index contributed by atoms with van der Waals surface area (Å²) in [5.41, 5.74) is -0.394. The number of amides is 1. The summed E-state index contributed by atoms with van der Waals surface area (Å²) in [6, 6.07) is 3.22. The van der Waals surface area contributed by atoms with Crippen molar-refractivity contribution in [3.05, 3.63) is 38.7 Å². The van der Waals surface area contributed by atoms with Crippen LogP contribution in [0.15, 0.2) is 21.7 Å². The molecule has 26 heavy (non-hydrogen) atoms. The summed E-state index contributed by atoms with van der Waals surface area (Å²) in [7, 11) is 2.98. The number of hydrogen-bond acceptors (Lipinski definition) is 4. The van der Waals surface area contributed by atoms with Crippen LogP contribution in [0.5, 0.6) is 0 Å². The number of carbonyl (C=O) groups excluding carboxylic acids is 1. The number of carbonyl (C=O) groups is 1. The maximum absolute atomic E-state index is 12.7. The Hall–Kier alpha value is -2.44. The van der Waals surface area contributed by atoms with Crippen molar-refractivity contribution >= 4 is 16.9 Å². The third kappa shape index (κ3) is 2.57. The van der Waals surface area contributed by atoms with Gasteiger partial charge in [-0.1, -0.05) is 6.42 Å². The van der Waals surface area contributed by atoms with E-state index in [4.69, 9.17) is 0 Å². The zero-order valence-corrected chi connectivity index (χ0v) is 15.4. The van der Waals surface area contributed by atoms with Gasteiger partial charge in [0.25, 0.3) is 11.5 Å². The van der Waals surface area contributed by atoms with Crippen molar-refractivity contribution in [2.24, 2.45) is 31.8 Å². The zero-order valence-electron chi connectivity index (χ0n) is 15.4. The molecule has 0 saturated heterocycles. The number of hydrogen-bond donors (Lipinski definition) is 1. The molecule has 0 aliphatic heterocycles. The summed E-state index contributed by atoms with van der Waals surface area (Å²) in [4.78, 5) is 41.3. The Balaban J connectivity index is 1.61. The van der Waals surface area contributed by atoms with Gasteiger partial charge in [-0.15, -0.1) is 0 Å². The van der Waals surface area contributed by atoms with Crippen LogP contribution in [-0.4, -0.2) is 26.1 Å². The van der Waals surface area contributed by atoms with Gasteiger partial charge in [0.1, 0.15) is 11.3 Å². The monoisotopic (exact) mass is 356 g/mol. The highest BCUT2D eigenvalue weighted by molar-refractivity contribution is 5.94. The van der Waals surface area contributed by atoms with Crippen LogP contribution in [-0.2, 0) is 14.1 Å². The van der Waals surface area contributed by atoms with Crippen LogP contribution in [0.1, 0.15) is 43.1 Å². The summed E-state index contributed by atoms with van der Waals surface area (Å²) in [5, 5.41) is 3.40. The molecule has 4 atom stereocenters. The lowest BCUT2D eigenvalue weighted by atomic mass is 9.84. The van der Waals surface area contributed by atoms with Crippen LogP contribution in [0, 0.1) is 17.8 Å². The Morgan fingerprint density at radius 2 is 1.96 bits per heavy atom. The lowest BCUT2D eigenvalue weighted by molar-refractivity contribution is 0.0910. The first kappa shape index (κ1) is 17.0. The Labute approximate surface area is 151 Å². The van der Waals surface area contributed by atoms with Gasteiger partial charge in [0.2, 0.25) is 0 Å². The van der Waals surface area contributed by atoms with Crippen LogP contribution >= 0.6 is 0 Å². The van der Waals surface area contributed by atoms with Gasteiger partial charge in [-0.05, 0) is 56.1 Å². The van der Waals surface area contributed by atoms with Crippen LogP contribution in [0.3, 0.4) is 0 Å². The predicted molar refractivity (Wildman–Crippen MR) is 98.1 cm³/mol. The van der Waals surface area contributed by atoms with Crippen molar-refractivity contribution < 1.29 is 4.79 Å². The lowest BCUT2D eigenvalue weighted by Gasteiger charge is -2.28. The fraction of sp³-hybridized carbons (Fsp3) is 0.579. The Morgan fingerprint density at radius 1 is 1.19 bits per heavy atom. The topological polar surface area (TPSA) is 86.0 Å². The molecular formula is C19H24N4O3. The van der Waals surface area contributed by atoms with E-state index in [0.29, 0.717) is 11.3 Å². The van der Waals surface area contributed by atoms with Crippen LogP contribution in [0.4, 0.5) is 0 Å². The largest absolute Gasteiger partial charge is 0.348 e. The average Bonchev–Trinajstić information content (AvgIpc) is 3.27. The quantitative estimate of drug-likeness (QED) is 0.895. The summed E-state index contributed by atoms with van der Waals surface area (Å²) in [6.45, 7) is 2.07. The van der Waals surface area contributed by atoms with Gasteiger partial charge in [-0.2, -0.15) is 0 Å². The van der Waals surface area contributed by atoms with Crippen LogP contribution in [0.25, 0.3) is 11.0 Å². The molecular weight excluding hydrogens is 332 g/mol. The number of nitrogens with one attached hydrogen (secondary N) is 1. The Kier molecular flexibility index (Phi) is 3.97. The standard InChI is InChI=1S/C19H24N4O3/c1-10(14-9-11-4-5-12(14)8-11)20-17(24)15-7-6-13-16(21-15)22(2)19(26)23(3)18(13)25/h6-7,10-12,14H,4-5,8-9H2,1-3H3,(H,20,24). The predicted octanol–water partition coefficient (Wildman–Crippen LogP) is 1.19. The molecule has 2 aliphatic rings. The van der Waals surface area contributed by atoms with E-state index in [1.807, 2.05) is 0 Å². The number of pyridine rings is 1. The number of aryl methyl sites for hydroxylation is 1. The van der Waals surface area contributed by atoms with Gasteiger partial charge in [-0.25, -0.2) is 9.78 Å². The summed E-state index contributed by atoms with van der Waals surface area (Å²) >= 11 is 0. The van der Waals surface area contributed by atoms with Crippen molar-refractivity contribution in [1.29, 1.82) is 0 Å². The highest BCUT2D eigenvalue weighted by Crippen LogP contribution is 2.49. The summed E-state index contributed by atoms with van der Waals surface area (Å²) < 4.78 is 2.34. The minimum absolute atomic E-state index is 0.0998. The number of aromatic nitrogens is 3. The third-order valence-electron chi connectivity index (χ3n) is 6.33. The van der Waals surface area contributed by atoms with Gasteiger partial charge in [0, 0.05) is 20.1 Å². The first-order valence-electron chi connectivity index (χ1n) is 9.24. The van der Waals surface area contributed by atoms with Gasteiger partial charge in [-0.3, -0.25) is 18.7 Å². The highest BCUT2D eigenvalue weighted by Gasteiger charge is 2.42. The van der Waals surface area contributed by atoms with E-state index in [2.05, 4.69) is 17.2 Å². The Morgan fingerprint density at radius 3 is 2.62 bits per heavy atom. The zero-order chi connectivity index (χ0) is 18.6. The molecule has 2 bridgehead atoms. The molecule has 2 aromatic rings. The molecule has 4 unspecified atom stereocenters. The van der Waals surface area contributed by atoms with Crippen LogP contribution in [0.2, 0.25) is 0 Å². The van der Waals surface area contributed by atoms with E-state index in [0.717, 1.165) is 16.4 Å². The van der Waals surface area contributed by atoms with Crippen molar-refractivity contribution in [2.75, 3.05) is 0 Å². The van der Waals surface area contributed by atoms with Crippen molar-refractivity contribution in [3.63, 3.8) is 0 Å². The van der Waals surface area contributed by atoms with E-state index in [1.165, 1.54) is 37.3 Å². The van der Waals surface area contributed by atoms with E-state index in [9.17, 15) is 14.4 Å². The molecule has 1 amide bonds. The molecule has 0 aromatic carbocycles. The SMILES string of the molecule is CC(NC(=O)c1ccc2c(=O)n(C)c(=O)n(C)c2n1)C1CC2CCC1C2. The first-order chi connectivity index (χ1) is 12.4. The van der Waals surface area contributed by atoms with E-state index in [1.54, 1.807) is 19.2 Å². The molecule has 0 spiro atoms. The third-order valence-corrected chi connectivity index (χ3v) is 6.33. The minimum atomic E-state index is -0.456. The second-order valence-corrected chi connectivity index (χ2v) is 7.87. The molecule has 0 radical (unpaired) electrons. The number of rotatable bonds is 3. The van der Waals surface area contributed by atoms with E-state index >= 15 is 0 Å². The van der Waals surface area contributed by atoms with Crippen LogP contribution < -0.4 is 16.6 Å². The second-order valence-electron chi connectivity index (χ2n) is 7.87. The number of fused-ring (bicyclic) bond motifs is 3. The summed E-state index contributed by atoms with van der Waals surface area (Å²) in [6.07, 6.45) is 5.10. The average molecular weight is 356 g/mol. The second kappa shape index (κ2) is 6.07. The maximum Gasteiger partial charge on any atom is 0.332 e. The summed E-state index contributed by atoms with van der Waals surface area (Å²) in [5.74, 6) is 1.84. The van der Waals surface area contributed by atoms with Crippen molar-refractivity contribution in [3.8, 4) is 0 Å². The molecule has 1 N–H and O–H groups in total. The smallest absolute Gasteiger partial charge is 0.332 e. The minimum Gasteiger partial charge on any atom is -0.348 e. The molecule has 4 rings (SSSR count). The molecule has 2 fully saturated rings. The molecule has 138 valence electrons. The molecule has 7 heteroatoms. The van der Waals surface area contributed by atoms with E-state index in [-0.39, 0.29) is 23.3 Å². The molecule has 2 aromatic heterocycles. The fourth-order valence-electron chi connectivity index (χ4n) is 4.87. The van der Waals surface area contributed by atoms with Crippen molar-refractivity contribution in [1.82, 2.24) is 19.4 Å². The first-order valence-corrected chi connectivity index (χ1v) is 9.24. The Bertz CT molecular complexity index is 1010. The van der Waals surface area contributed by atoms with Gasteiger partial charge < -0.3 is 5.32 Å². The van der Waals surface area contributed by atoms with Gasteiger partial charge in [0.15, 0.2) is 0 Å². The fourth-order valence-corrected chi connectivity index (χ4v) is 4.87. The van der Waals surface area contributed by atoms with Gasteiger partial charge >= 0.3 is 5.69 Å². The molecule has 2 heterocycles. The highest BCUT2D eigenvalue weighted by atomic mass is 16.2.